The number of unbranched alkanes of at least 4 members (excludes halogenated alkanes) is 3. The van der Waals surface area contributed by atoms with Crippen molar-refractivity contribution in [3.05, 3.63) is 54.6 Å². The lowest BCUT2D eigenvalue weighted by molar-refractivity contribution is -0.137. The van der Waals surface area contributed by atoms with Gasteiger partial charge in [-0.05, 0) is 49.2 Å². The molecule has 0 heterocycles. The van der Waals surface area contributed by atoms with E-state index < -0.39 is 5.91 Å². The Balaban J connectivity index is 1.58. The van der Waals surface area contributed by atoms with Gasteiger partial charge in [0.25, 0.3) is 5.91 Å². The number of ketones is 1. The van der Waals surface area contributed by atoms with Gasteiger partial charge in [0, 0.05) is 25.7 Å². The number of Topliss-reactive ketones (excluding diaryl/α,β-unsaturated/α-hetero) is 1. The van der Waals surface area contributed by atoms with Gasteiger partial charge in [0.15, 0.2) is 0 Å². The summed E-state index contributed by atoms with van der Waals surface area (Å²) in [6.45, 7) is 0.546. The van der Waals surface area contributed by atoms with E-state index in [1.165, 1.54) is 7.05 Å². The quantitative estimate of drug-likeness (QED) is 0.396. The Hall–Kier alpha value is -3.35. The first-order valence-electron chi connectivity index (χ1n) is 9.71. The van der Waals surface area contributed by atoms with Crippen LogP contribution in [0, 0.1) is 0 Å². The Morgan fingerprint density at radius 1 is 0.828 bits per heavy atom. The second kappa shape index (κ2) is 12.2. The van der Waals surface area contributed by atoms with E-state index in [0.717, 1.165) is 25.0 Å². The van der Waals surface area contributed by atoms with Crippen LogP contribution in [0.15, 0.2) is 54.6 Å². The van der Waals surface area contributed by atoms with E-state index in [2.05, 4.69) is 16.0 Å². The first-order chi connectivity index (χ1) is 14.1. The zero-order valence-electron chi connectivity index (χ0n) is 16.6. The van der Waals surface area contributed by atoms with E-state index in [-0.39, 0.29) is 18.2 Å². The lowest BCUT2D eigenvalue weighted by Gasteiger charge is -2.09. The van der Waals surface area contributed by atoms with Gasteiger partial charge < -0.3 is 20.7 Å². The topological polar surface area (TPSA) is 96.5 Å². The van der Waals surface area contributed by atoms with Crippen LogP contribution in [0.2, 0.25) is 0 Å². The number of hydrogen-bond acceptors (Lipinski definition) is 4. The standard InChI is InChI=1S/C22H27N3O4/c1-23-21(27)20(26)11-7-2-3-8-16-24-22(28)25-17-12-14-19(15-13-17)29-18-9-5-4-6-10-18/h4-6,9-10,12-15H,2-3,7-8,11,16H2,1H3,(H,23,27)(H2,24,25,28). The molecule has 0 atom stereocenters. The second-order valence-corrected chi connectivity index (χ2v) is 6.49. The van der Waals surface area contributed by atoms with Gasteiger partial charge in [0.1, 0.15) is 11.5 Å². The lowest BCUT2D eigenvalue weighted by atomic mass is 10.1. The SMILES string of the molecule is CNC(=O)C(=O)CCCCCCNC(=O)Nc1ccc(Oc2ccccc2)cc1. The van der Waals surface area contributed by atoms with E-state index >= 15 is 0 Å². The molecule has 0 saturated heterocycles. The fraction of sp³-hybridized carbons (Fsp3) is 0.318. The van der Waals surface area contributed by atoms with Gasteiger partial charge in [-0.15, -0.1) is 0 Å². The molecule has 0 saturated carbocycles. The predicted molar refractivity (Wildman–Crippen MR) is 112 cm³/mol. The maximum Gasteiger partial charge on any atom is 0.319 e. The molecule has 0 bridgehead atoms. The highest BCUT2D eigenvalue weighted by molar-refractivity contribution is 6.36. The van der Waals surface area contributed by atoms with Gasteiger partial charge in [0.05, 0.1) is 0 Å². The number of urea groups is 1. The van der Waals surface area contributed by atoms with Crippen LogP contribution in [0.1, 0.15) is 32.1 Å². The van der Waals surface area contributed by atoms with Crippen LogP contribution in [0.5, 0.6) is 11.5 Å². The van der Waals surface area contributed by atoms with Crippen LogP contribution in [0.3, 0.4) is 0 Å². The number of rotatable bonds is 11. The van der Waals surface area contributed by atoms with Crippen LogP contribution in [-0.2, 0) is 9.59 Å². The van der Waals surface area contributed by atoms with Crippen molar-refractivity contribution in [1.29, 1.82) is 0 Å². The predicted octanol–water partition coefficient (Wildman–Crippen LogP) is 3.87. The fourth-order valence-electron chi connectivity index (χ4n) is 2.63. The van der Waals surface area contributed by atoms with E-state index in [1.807, 2.05) is 30.3 Å². The highest BCUT2D eigenvalue weighted by Crippen LogP contribution is 2.22. The van der Waals surface area contributed by atoms with Crippen LogP contribution in [0.4, 0.5) is 10.5 Å². The van der Waals surface area contributed by atoms with Gasteiger partial charge in [-0.2, -0.15) is 0 Å². The summed E-state index contributed by atoms with van der Waals surface area (Å²) in [5.41, 5.74) is 0.677. The van der Waals surface area contributed by atoms with E-state index in [0.29, 0.717) is 24.4 Å². The molecule has 7 heteroatoms. The van der Waals surface area contributed by atoms with Gasteiger partial charge in [-0.25, -0.2) is 4.79 Å². The second-order valence-electron chi connectivity index (χ2n) is 6.49. The van der Waals surface area contributed by atoms with Gasteiger partial charge in [-0.1, -0.05) is 31.0 Å². The third-order valence-corrected chi connectivity index (χ3v) is 4.19. The van der Waals surface area contributed by atoms with Crippen molar-refractivity contribution in [1.82, 2.24) is 10.6 Å². The zero-order chi connectivity index (χ0) is 20.9. The number of nitrogens with one attached hydrogen (secondary N) is 3. The molecule has 0 unspecified atom stereocenters. The fourth-order valence-corrected chi connectivity index (χ4v) is 2.63. The van der Waals surface area contributed by atoms with E-state index in [1.54, 1.807) is 24.3 Å². The molecule has 0 aliphatic carbocycles. The molecule has 0 aliphatic rings. The third kappa shape index (κ3) is 8.47. The highest BCUT2D eigenvalue weighted by Gasteiger charge is 2.10. The average Bonchev–Trinajstić information content (AvgIpc) is 2.74. The van der Waals surface area contributed by atoms with Crippen LogP contribution < -0.4 is 20.7 Å². The Morgan fingerprint density at radius 2 is 1.48 bits per heavy atom. The lowest BCUT2D eigenvalue weighted by Crippen LogP contribution is -2.29. The minimum atomic E-state index is -0.539. The number of amides is 3. The molecule has 0 aromatic heterocycles. The van der Waals surface area contributed by atoms with Crippen LogP contribution in [-0.4, -0.2) is 31.3 Å². The molecule has 154 valence electrons. The van der Waals surface area contributed by atoms with Crippen LogP contribution >= 0.6 is 0 Å². The molecule has 2 aromatic rings. The summed E-state index contributed by atoms with van der Waals surface area (Å²) in [5, 5.41) is 7.90. The summed E-state index contributed by atoms with van der Waals surface area (Å²) >= 11 is 0. The van der Waals surface area contributed by atoms with E-state index in [4.69, 9.17) is 4.74 Å². The third-order valence-electron chi connectivity index (χ3n) is 4.19. The number of benzene rings is 2. The molecular formula is C22H27N3O4. The number of likely N-dealkylation sites (N-methyl/N-ethyl adjacent to an activating group) is 1. The van der Waals surface area contributed by atoms with Crippen molar-refractivity contribution in [3.63, 3.8) is 0 Å². The van der Waals surface area contributed by atoms with Crippen molar-refractivity contribution in [3.8, 4) is 11.5 Å². The molecule has 0 fully saturated rings. The van der Waals surface area contributed by atoms with Crippen molar-refractivity contribution in [2.75, 3.05) is 18.9 Å². The Morgan fingerprint density at radius 3 is 2.17 bits per heavy atom. The average molecular weight is 397 g/mol. The first kappa shape index (κ1) is 21.9. The maximum atomic E-state index is 11.9. The number of para-hydroxylation sites is 1. The summed E-state index contributed by atoms with van der Waals surface area (Å²) in [4.78, 5) is 34.4. The maximum absolute atomic E-state index is 11.9. The number of carbonyl (C=O) groups is 3. The number of hydrogen-bond donors (Lipinski definition) is 3. The normalized spacial score (nSPS) is 10.1. The molecule has 0 spiro atoms. The molecule has 0 aliphatic heterocycles. The Labute approximate surface area is 170 Å². The van der Waals surface area contributed by atoms with Gasteiger partial charge in [-0.3, -0.25) is 9.59 Å². The smallest absolute Gasteiger partial charge is 0.319 e. The highest BCUT2D eigenvalue weighted by atomic mass is 16.5. The molecule has 29 heavy (non-hydrogen) atoms. The molecule has 2 aromatic carbocycles. The summed E-state index contributed by atoms with van der Waals surface area (Å²) < 4.78 is 5.71. The minimum Gasteiger partial charge on any atom is -0.457 e. The molecule has 2 rings (SSSR count). The molecular weight excluding hydrogens is 370 g/mol. The van der Waals surface area contributed by atoms with Gasteiger partial charge in [0.2, 0.25) is 5.78 Å². The van der Waals surface area contributed by atoms with Crippen molar-refractivity contribution in [2.45, 2.75) is 32.1 Å². The molecule has 3 N–H and O–H groups in total. The van der Waals surface area contributed by atoms with Crippen molar-refractivity contribution >= 4 is 23.4 Å². The summed E-state index contributed by atoms with van der Waals surface area (Å²) in [7, 11) is 1.45. The monoisotopic (exact) mass is 397 g/mol. The number of carbonyl (C=O) groups excluding carboxylic acids is 3. The van der Waals surface area contributed by atoms with Gasteiger partial charge >= 0.3 is 6.03 Å². The molecule has 7 nitrogen and oxygen atoms in total. The molecule has 3 amide bonds. The number of ether oxygens (including phenoxy) is 1. The summed E-state index contributed by atoms with van der Waals surface area (Å²) in [6, 6.07) is 16.4. The van der Waals surface area contributed by atoms with E-state index in [9.17, 15) is 14.4 Å². The number of anilines is 1. The zero-order valence-corrected chi connectivity index (χ0v) is 16.6. The largest absolute Gasteiger partial charge is 0.457 e. The summed E-state index contributed by atoms with van der Waals surface area (Å²) in [6.07, 6.45) is 3.47. The minimum absolute atomic E-state index is 0.261. The summed E-state index contributed by atoms with van der Waals surface area (Å²) in [5.74, 6) is 0.522. The first-order valence-corrected chi connectivity index (χ1v) is 9.71. The van der Waals surface area contributed by atoms with Crippen molar-refractivity contribution in [2.24, 2.45) is 0 Å². The van der Waals surface area contributed by atoms with Crippen molar-refractivity contribution < 1.29 is 19.1 Å². The molecule has 0 radical (unpaired) electrons. The van der Waals surface area contributed by atoms with Crippen LogP contribution in [0.25, 0.3) is 0 Å². The Bertz CT molecular complexity index is 791. The Kier molecular flexibility index (Phi) is 9.21.